The number of halogens is 1. The summed E-state index contributed by atoms with van der Waals surface area (Å²) in [7, 11) is 3.30. The molecule has 0 fully saturated rings. The predicted octanol–water partition coefficient (Wildman–Crippen LogP) is 2.88. The average molecular weight is 357 g/mol. The zero-order chi connectivity index (χ0) is 15.5. The Kier molecular flexibility index (Phi) is 8.83. The summed E-state index contributed by atoms with van der Waals surface area (Å²) in [5.74, 6) is 1.36. The van der Waals surface area contributed by atoms with Crippen molar-refractivity contribution in [1.82, 2.24) is 5.32 Å². The van der Waals surface area contributed by atoms with Crippen molar-refractivity contribution in [1.29, 1.82) is 5.26 Å². The third kappa shape index (κ3) is 6.34. The van der Waals surface area contributed by atoms with Gasteiger partial charge in [-0.2, -0.15) is 5.26 Å². The van der Waals surface area contributed by atoms with Gasteiger partial charge >= 0.3 is 0 Å². The fraction of sp³-hybridized carbons (Fsp3) is 0.533. The van der Waals surface area contributed by atoms with Gasteiger partial charge in [-0.1, -0.05) is 0 Å². The summed E-state index contributed by atoms with van der Waals surface area (Å²) in [6.07, 6.45) is 1.19. The summed E-state index contributed by atoms with van der Waals surface area (Å²) in [5, 5.41) is 11.8. The number of nitrogens with one attached hydrogen (secondary N) is 1. The zero-order valence-electron chi connectivity index (χ0n) is 12.4. The van der Waals surface area contributed by atoms with Gasteiger partial charge < -0.3 is 19.5 Å². The van der Waals surface area contributed by atoms with Gasteiger partial charge in [-0.3, -0.25) is 0 Å². The minimum absolute atomic E-state index is 0.488. The summed E-state index contributed by atoms with van der Waals surface area (Å²) in [6, 6.07) is 6.05. The molecule has 0 aliphatic carbocycles. The van der Waals surface area contributed by atoms with Crippen molar-refractivity contribution in [3.05, 3.63) is 22.2 Å². The Hall–Kier alpha value is -1.29. The molecule has 0 spiro atoms. The molecule has 0 saturated heterocycles. The first kappa shape index (κ1) is 17.8. The monoisotopic (exact) mass is 356 g/mol. The van der Waals surface area contributed by atoms with Crippen molar-refractivity contribution >= 4 is 15.9 Å². The van der Waals surface area contributed by atoms with Crippen molar-refractivity contribution in [2.75, 3.05) is 34.0 Å². The van der Waals surface area contributed by atoms with Crippen LogP contribution in [0.25, 0.3) is 0 Å². The van der Waals surface area contributed by atoms with Crippen LogP contribution in [0.1, 0.15) is 18.4 Å². The number of hydrogen-bond acceptors (Lipinski definition) is 5. The Morgan fingerprint density at radius 1 is 1.29 bits per heavy atom. The second-order valence-corrected chi connectivity index (χ2v) is 5.24. The predicted molar refractivity (Wildman–Crippen MR) is 84.6 cm³/mol. The highest BCUT2D eigenvalue weighted by molar-refractivity contribution is 9.10. The Labute approximate surface area is 134 Å². The normalized spacial score (nSPS) is 10.2. The largest absolute Gasteiger partial charge is 0.493 e. The highest BCUT2D eigenvalue weighted by Crippen LogP contribution is 2.36. The molecule has 6 heteroatoms. The van der Waals surface area contributed by atoms with Crippen molar-refractivity contribution in [3.8, 4) is 17.6 Å². The molecule has 0 atom stereocenters. The maximum atomic E-state index is 8.52. The molecule has 1 aromatic carbocycles. The third-order valence-corrected chi connectivity index (χ3v) is 3.37. The van der Waals surface area contributed by atoms with E-state index in [0.717, 1.165) is 23.1 Å². The van der Waals surface area contributed by atoms with Crippen LogP contribution in [-0.2, 0) is 11.3 Å². The van der Waals surface area contributed by atoms with Crippen LogP contribution in [0.5, 0.6) is 11.5 Å². The lowest BCUT2D eigenvalue weighted by Crippen LogP contribution is -2.18. The lowest BCUT2D eigenvalue weighted by Gasteiger charge is -2.14. The molecule has 1 rings (SSSR count). The van der Waals surface area contributed by atoms with Gasteiger partial charge in [0.05, 0.1) is 30.9 Å². The molecular weight excluding hydrogens is 336 g/mol. The second-order valence-electron chi connectivity index (χ2n) is 4.39. The number of hydrogen-bond donors (Lipinski definition) is 1. The van der Waals surface area contributed by atoms with Crippen LogP contribution >= 0.6 is 15.9 Å². The number of benzene rings is 1. The zero-order valence-corrected chi connectivity index (χ0v) is 14.0. The molecule has 0 aliphatic heterocycles. The molecule has 0 amide bonds. The fourth-order valence-electron chi connectivity index (χ4n) is 1.75. The Balaban J connectivity index is 2.66. The highest BCUT2D eigenvalue weighted by Gasteiger charge is 2.11. The molecule has 21 heavy (non-hydrogen) atoms. The maximum Gasteiger partial charge on any atom is 0.175 e. The average Bonchev–Trinajstić information content (AvgIpc) is 2.49. The van der Waals surface area contributed by atoms with Crippen LogP contribution in [-0.4, -0.2) is 34.0 Å². The standard InChI is InChI=1S/C15H21BrN2O3/c1-19-8-6-18-11-12-9-13(16)15(14(10-12)20-2)21-7-4-3-5-17/h9-10,18H,3-4,6-8,11H2,1-2H3. The number of ether oxygens (including phenoxy) is 3. The van der Waals surface area contributed by atoms with Crippen LogP contribution < -0.4 is 14.8 Å². The molecule has 5 nitrogen and oxygen atoms in total. The first-order valence-corrected chi connectivity index (χ1v) is 7.58. The fourth-order valence-corrected chi connectivity index (χ4v) is 2.35. The van der Waals surface area contributed by atoms with E-state index in [1.54, 1.807) is 14.2 Å². The molecular formula is C15H21BrN2O3. The van der Waals surface area contributed by atoms with Crippen LogP contribution in [0.3, 0.4) is 0 Å². The topological polar surface area (TPSA) is 63.5 Å². The number of nitriles is 1. The van der Waals surface area contributed by atoms with Crippen molar-refractivity contribution in [2.24, 2.45) is 0 Å². The van der Waals surface area contributed by atoms with E-state index >= 15 is 0 Å². The minimum Gasteiger partial charge on any atom is -0.493 e. The van der Waals surface area contributed by atoms with Crippen molar-refractivity contribution < 1.29 is 14.2 Å². The minimum atomic E-state index is 0.488. The lowest BCUT2D eigenvalue weighted by atomic mass is 10.2. The summed E-state index contributed by atoms with van der Waals surface area (Å²) in [4.78, 5) is 0. The molecule has 0 unspecified atom stereocenters. The number of nitrogens with zero attached hydrogens (tertiary/aromatic N) is 1. The van der Waals surface area contributed by atoms with Gasteiger partial charge in [-0.05, 0) is 40.0 Å². The first-order chi connectivity index (χ1) is 10.2. The van der Waals surface area contributed by atoms with Gasteiger partial charge in [0, 0.05) is 26.6 Å². The second kappa shape index (κ2) is 10.4. The number of rotatable bonds is 10. The van der Waals surface area contributed by atoms with Crippen LogP contribution in [0.15, 0.2) is 16.6 Å². The Morgan fingerprint density at radius 3 is 2.76 bits per heavy atom. The molecule has 0 aromatic heterocycles. The molecule has 0 bridgehead atoms. The van der Waals surface area contributed by atoms with E-state index in [-0.39, 0.29) is 0 Å². The van der Waals surface area contributed by atoms with E-state index in [4.69, 9.17) is 19.5 Å². The van der Waals surface area contributed by atoms with Crippen molar-refractivity contribution in [2.45, 2.75) is 19.4 Å². The van der Waals surface area contributed by atoms with E-state index < -0.39 is 0 Å². The third-order valence-electron chi connectivity index (χ3n) is 2.78. The van der Waals surface area contributed by atoms with Gasteiger partial charge in [0.25, 0.3) is 0 Å². The smallest absolute Gasteiger partial charge is 0.175 e. The summed E-state index contributed by atoms with van der Waals surface area (Å²) in [5.41, 5.74) is 1.10. The molecule has 0 saturated carbocycles. The Bertz CT molecular complexity index is 475. The van der Waals surface area contributed by atoms with E-state index in [1.807, 2.05) is 12.1 Å². The molecule has 0 radical (unpaired) electrons. The van der Waals surface area contributed by atoms with E-state index in [2.05, 4.69) is 27.3 Å². The molecule has 116 valence electrons. The van der Waals surface area contributed by atoms with Crippen LogP contribution in [0.4, 0.5) is 0 Å². The van der Waals surface area contributed by atoms with Gasteiger partial charge in [0.2, 0.25) is 0 Å². The van der Waals surface area contributed by atoms with E-state index in [0.29, 0.717) is 37.6 Å². The quantitative estimate of drug-likeness (QED) is 0.653. The summed E-state index contributed by atoms with van der Waals surface area (Å²) >= 11 is 3.51. The SMILES string of the molecule is COCCNCc1cc(Br)c(OCCCC#N)c(OC)c1. The van der Waals surface area contributed by atoms with Gasteiger partial charge in [-0.15, -0.1) is 0 Å². The van der Waals surface area contributed by atoms with Gasteiger partial charge in [-0.25, -0.2) is 0 Å². The Morgan fingerprint density at radius 2 is 2.10 bits per heavy atom. The highest BCUT2D eigenvalue weighted by atomic mass is 79.9. The van der Waals surface area contributed by atoms with E-state index in [9.17, 15) is 0 Å². The molecule has 1 aromatic rings. The molecule has 1 N–H and O–H groups in total. The first-order valence-electron chi connectivity index (χ1n) is 6.78. The van der Waals surface area contributed by atoms with Crippen molar-refractivity contribution in [3.63, 3.8) is 0 Å². The van der Waals surface area contributed by atoms with Gasteiger partial charge in [0.1, 0.15) is 0 Å². The summed E-state index contributed by atoms with van der Waals surface area (Å²) in [6.45, 7) is 2.70. The molecule has 0 heterocycles. The number of unbranched alkanes of at least 4 members (excludes halogenated alkanes) is 1. The number of methoxy groups -OCH3 is 2. The molecule has 0 aliphatic rings. The summed E-state index contributed by atoms with van der Waals surface area (Å²) < 4.78 is 16.9. The maximum absolute atomic E-state index is 8.52. The lowest BCUT2D eigenvalue weighted by molar-refractivity contribution is 0.199. The van der Waals surface area contributed by atoms with Crippen LogP contribution in [0, 0.1) is 11.3 Å². The van der Waals surface area contributed by atoms with Gasteiger partial charge in [0.15, 0.2) is 11.5 Å². The van der Waals surface area contributed by atoms with E-state index in [1.165, 1.54) is 0 Å². The van der Waals surface area contributed by atoms with Crippen LogP contribution in [0.2, 0.25) is 0 Å².